The maximum Gasteiger partial charge on any atom is 0.249 e. The van der Waals surface area contributed by atoms with E-state index in [-0.39, 0.29) is 18.7 Å². The van der Waals surface area contributed by atoms with Crippen molar-refractivity contribution in [3.05, 3.63) is 11.8 Å². The number of aryl methyl sites for hydroxylation is 1. The van der Waals surface area contributed by atoms with Crippen LogP contribution in [0.4, 0.5) is 5.82 Å². The van der Waals surface area contributed by atoms with Crippen LogP contribution in [0.3, 0.4) is 0 Å². The molecule has 0 aromatic carbocycles. The van der Waals surface area contributed by atoms with Gasteiger partial charge in [-0.1, -0.05) is 5.16 Å². The minimum Gasteiger partial charge on any atom is -0.360 e. The Bertz CT molecular complexity index is 621. The van der Waals surface area contributed by atoms with E-state index in [2.05, 4.69) is 10.5 Å². The first-order valence-corrected chi connectivity index (χ1v) is 7.40. The van der Waals surface area contributed by atoms with Gasteiger partial charge in [0.1, 0.15) is 11.8 Å². The molecular weight excluding hydrogens is 274 g/mol. The molecule has 1 aromatic rings. The third kappa shape index (κ3) is 2.75. The summed E-state index contributed by atoms with van der Waals surface area (Å²) in [6, 6.07) is 0.471. The van der Waals surface area contributed by atoms with Crippen molar-refractivity contribution in [1.29, 1.82) is 0 Å². The van der Waals surface area contributed by atoms with Crippen molar-refractivity contribution in [2.45, 2.75) is 25.8 Å². The predicted octanol–water partition coefficient (Wildman–Crippen LogP) is -0.128. The third-order valence-corrected chi connectivity index (χ3v) is 3.87. The first-order chi connectivity index (χ1) is 8.79. The molecule has 2 rings (SSSR count). The van der Waals surface area contributed by atoms with E-state index < -0.39 is 27.9 Å². The Hall–Kier alpha value is -1.90. The molecule has 19 heavy (non-hydrogen) atoms. The monoisotopic (exact) mass is 287 g/mol. The minimum atomic E-state index is -3.75. The first kappa shape index (κ1) is 13.5. The smallest absolute Gasteiger partial charge is 0.249 e. The molecule has 1 N–H and O–H groups in total. The van der Waals surface area contributed by atoms with Crippen LogP contribution in [-0.2, 0) is 19.6 Å². The number of rotatable bonds is 3. The standard InChI is InChI=1S/C10H13N3O5S/c1-6-5-8(12-18-6)11-10(15)7-3-4-9(14)13(7)19(2,16)17/h5,7H,3-4H2,1-2H3,(H,11,12,15). The Morgan fingerprint density at radius 2 is 2.26 bits per heavy atom. The lowest BCUT2D eigenvalue weighted by molar-refractivity contribution is -0.128. The Kier molecular flexibility index (Phi) is 3.31. The van der Waals surface area contributed by atoms with Gasteiger partial charge in [-0.2, -0.15) is 0 Å². The maximum atomic E-state index is 12.0. The summed E-state index contributed by atoms with van der Waals surface area (Å²) in [5.41, 5.74) is 0. The fourth-order valence-corrected chi connectivity index (χ4v) is 3.07. The van der Waals surface area contributed by atoms with Crippen molar-refractivity contribution >= 4 is 27.7 Å². The van der Waals surface area contributed by atoms with Crippen LogP contribution in [0.15, 0.2) is 10.6 Å². The van der Waals surface area contributed by atoms with E-state index in [0.29, 0.717) is 10.1 Å². The SMILES string of the molecule is Cc1cc(NC(=O)C2CCC(=O)N2S(C)(=O)=O)no1. The summed E-state index contributed by atoms with van der Waals surface area (Å²) < 4.78 is 28.4. The normalized spacial score (nSPS) is 19.8. The molecule has 104 valence electrons. The molecule has 8 nitrogen and oxygen atoms in total. The number of nitrogens with one attached hydrogen (secondary N) is 1. The number of anilines is 1. The summed E-state index contributed by atoms with van der Waals surface area (Å²) in [5.74, 6) is -0.461. The number of nitrogens with zero attached hydrogens (tertiary/aromatic N) is 2. The molecule has 1 atom stereocenters. The van der Waals surface area contributed by atoms with Gasteiger partial charge in [0.05, 0.1) is 6.26 Å². The summed E-state index contributed by atoms with van der Waals surface area (Å²) in [4.78, 5) is 23.5. The van der Waals surface area contributed by atoms with Crippen LogP contribution in [0.2, 0.25) is 0 Å². The molecule has 0 spiro atoms. The van der Waals surface area contributed by atoms with Crippen LogP contribution >= 0.6 is 0 Å². The highest BCUT2D eigenvalue weighted by Crippen LogP contribution is 2.23. The molecule has 1 saturated heterocycles. The van der Waals surface area contributed by atoms with Crippen molar-refractivity contribution in [2.24, 2.45) is 0 Å². The summed E-state index contributed by atoms with van der Waals surface area (Å²) in [5, 5.41) is 6.00. The molecule has 1 aliphatic rings. The Labute approximate surface area is 109 Å². The molecule has 0 radical (unpaired) electrons. The number of carbonyl (C=O) groups excluding carboxylic acids is 2. The molecule has 0 aliphatic carbocycles. The molecule has 1 aliphatic heterocycles. The number of sulfonamides is 1. The summed E-state index contributed by atoms with van der Waals surface area (Å²) in [7, 11) is -3.75. The number of amides is 2. The second kappa shape index (κ2) is 4.65. The van der Waals surface area contributed by atoms with Gasteiger partial charge in [-0.05, 0) is 13.3 Å². The quantitative estimate of drug-likeness (QED) is 0.829. The molecule has 9 heteroatoms. The van der Waals surface area contributed by atoms with Gasteiger partial charge in [-0.15, -0.1) is 0 Å². The van der Waals surface area contributed by atoms with Crippen LogP contribution in [-0.4, -0.2) is 42.0 Å². The van der Waals surface area contributed by atoms with Gasteiger partial charge in [0, 0.05) is 12.5 Å². The van der Waals surface area contributed by atoms with Gasteiger partial charge in [0.2, 0.25) is 21.8 Å². The zero-order valence-corrected chi connectivity index (χ0v) is 11.2. The first-order valence-electron chi connectivity index (χ1n) is 5.55. The second-order valence-electron chi connectivity index (χ2n) is 4.32. The van der Waals surface area contributed by atoms with E-state index >= 15 is 0 Å². The van der Waals surface area contributed by atoms with Crippen LogP contribution < -0.4 is 5.32 Å². The zero-order chi connectivity index (χ0) is 14.2. The van der Waals surface area contributed by atoms with Crippen molar-refractivity contribution in [2.75, 3.05) is 11.6 Å². The van der Waals surface area contributed by atoms with E-state index in [4.69, 9.17) is 4.52 Å². The fourth-order valence-electron chi connectivity index (χ4n) is 1.95. The Morgan fingerprint density at radius 1 is 1.58 bits per heavy atom. The minimum absolute atomic E-state index is 0.0308. The van der Waals surface area contributed by atoms with Gasteiger partial charge < -0.3 is 9.84 Å². The van der Waals surface area contributed by atoms with E-state index in [9.17, 15) is 18.0 Å². The van der Waals surface area contributed by atoms with Gasteiger partial charge >= 0.3 is 0 Å². The molecule has 0 saturated carbocycles. The number of carbonyl (C=O) groups is 2. The number of hydrogen-bond acceptors (Lipinski definition) is 6. The van der Waals surface area contributed by atoms with Crippen LogP contribution in [0.25, 0.3) is 0 Å². The maximum absolute atomic E-state index is 12.0. The van der Waals surface area contributed by atoms with E-state index in [0.717, 1.165) is 6.26 Å². The average molecular weight is 287 g/mol. The van der Waals surface area contributed by atoms with Gasteiger partial charge in [0.25, 0.3) is 0 Å². The number of hydrogen-bond donors (Lipinski definition) is 1. The molecule has 0 bridgehead atoms. The summed E-state index contributed by atoms with van der Waals surface area (Å²) >= 11 is 0. The highest BCUT2D eigenvalue weighted by Gasteiger charge is 2.41. The summed E-state index contributed by atoms with van der Waals surface area (Å²) in [6.07, 6.45) is 1.09. The zero-order valence-electron chi connectivity index (χ0n) is 10.4. The lowest BCUT2D eigenvalue weighted by atomic mass is 10.2. The third-order valence-electron chi connectivity index (χ3n) is 2.70. The van der Waals surface area contributed by atoms with Crippen molar-refractivity contribution < 1.29 is 22.5 Å². The highest BCUT2D eigenvalue weighted by atomic mass is 32.2. The molecular formula is C10H13N3O5S. The molecule has 1 unspecified atom stereocenters. The van der Waals surface area contributed by atoms with E-state index in [1.807, 2.05) is 0 Å². The predicted molar refractivity (Wildman–Crippen MR) is 64.6 cm³/mol. The van der Waals surface area contributed by atoms with Crippen molar-refractivity contribution in [1.82, 2.24) is 9.46 Å². The average Bonchev–Trinajstić information content (AvgIpc) is 2.84. The van der Waals surface area contributed by atoms with Crippen molar-refractivity contribution in [3.63, 3.8) is 0 Å². The fraction of sp³-hybridized carbons (Fsp3) is 0.500. The lowest BCUT2D eigenvalue weighted by Gasteiger charge is -2.20. The van der Waals surface area contributed by atoms with Crippen LogP contribution in [0.5, 0.6) is 0 Å². The van der Waals surface area contributed by atoms with Gasteiger partial charge in [-0.25, -0.2) is 12.7 Å². The van der Waals surface area contributed by atoms with E-state index in [1.54, 1.807) is 6.92 Å². The molecule has 2 amide bonds. The highest BCUT2D eigenvalue weighted by molar-refractivity contribution is 7.89. The van der Waals surface area contributed by atoms with Crippen LogP contribution in [0, 0.1) is 6.92 Å². The molecule has 1 aromatic heterocycles. The Balaban J connectivity index is 2.17. The summed E-state index contributed by atoms with van der Waals surface area (Å²) in [6.45, 7) is 1.66. The Morgan fingerprint density at radius 3 is 2.79 bits per heavy atom. The second-order valence-corrected chi connectivity index (χ2v) is 6.18. The van der Waals surface area contributed by atoms with E-state index in [1.165, 1.54) is 6.07 Å². The lowest BCUT2D eigenvalue weighted by Crippen LogP contribution is -2.44. The van der Waals surface area contributed by atoms with Crippen LogP contribution in [0.1, 0.15) is 18.6 Å². The van der Waals surface area contributed by atoms with Gasteiger partial charge in [-0.3, -0.25) is 9.59 Å². The largest absolute Gasteiger partial charge is 0.360 e. The van der Waals surface area contributed by atoms with Gasteiger partial charge in [0.15, 0.2) is 5.82 Å². The molecule has 1 fully saturated rings. The topological polar surface area (TPSA) is 110 Å². The molecule has 2 heterocycles. The van der Waals surface area contributed by atoms with Crippen molar-refractivity contribution in [3.8, 4) is 0 Å². The number of aromatic nitrogens is 1.